The Morgan fingerprint density at radius 2 is 1.85 bits per heavy atom. The molecule has 0 aliphatic rings. The molecule has 1 N–H and O–H groups in total. The van der Waals surface area contributed by atoms with Crippen LogP contribution in [-0.4, -0.2) is 37.4 Å². The Kier molecular flexibility index (Phi) is 4.69. The predicted molar refractivity (Wildman–Crippen MR) is 62.4 cm³/mol. The first-order valence-electron chi connectivity index (χ1n) is 5.48. The van der Waals surface area contributed by atoms with E-state index >= 15 is 0 Å². The first-order chi connectivity index (χ1) is 9.12. The zero-order valence-corrected chi connectivity index (χ0v) is 10.7. The maximum absolute atomic E-state index is 13.0. The number of nitrogens with zero attached hydrogens (tertiary/aromatic N) is 1. The van der Waals surface area contributed by atoms with Crippen molar-refractivity contribution in [3.63, 3.8) is 0 Å². The van der Waals surface area contributed by atoms with Gasteiger partial charge in [0.2, 0.25) is 5.91 Å². The topological polar surface area (TPSA) is 49.4 Å². The summed E-state index contributed by atoms with van der Waals surface area (Å²) in [5.74, 6) is -2.76. The second-order valence-corrected chi connectivity index (χ2v) is 4.16. The summed E-state index contributed by atoms with van der Waals surface area (Å²) in [4.78, 5) is 24.0. The lowest BCUT2D eigenvalue weighted by molar-refractivity contribution is -0.140. The zero-order chi connectivity index (χ0) is 15.5. The summed E-state index contributed by atoms with van der Waals surface area (Å²) < 4.78 is 50.5. The maximum Gasteiger partial charge on any atom is 0.419 e. The Morgan fingerprint density at radius 3 is 2.35 bits per heavy atom. The van der Waals surface area contributed by atoms with Crippen molar-refractivity contribution >= 4 is 11.8 Å². The zero-order valence-electron chi connectivity index (χ0n) is 10.7. The molecule has 0 heterocycles. The summed E-state index contributed by atoms with van der Waals surface area (Å²) in [6.07, 6.45) is -4.89. The van der Waals surface area contributed by atoms with E-state index in [1.807, 2.05) is 0 Å². The number of rotatable bonds is 3. The Morgan fingerprint density at radius 1 is 1.25 bits per heavy atom. The van der Waals surface area contributed by atoms with Gasteiger partial charge in [-0.3, -0.25) is 9.59 Å². The van der Waals surface area contributed by atoms with Gasteiger partial charge in [-0.2, -0.15) is 13.2 Å². The smallest absolute Gasteiger partial charge is 0.347 e. The lowest BCUT2D eigenvalue weighted by Gasteiger charge is -2.12. The molecule has 0 aliphatic heterocycles. The van der Waals surface area contributed by atoms with Crippen molar-refractivity contribution in [2.45, 2.75) is 6.18 Å². The number of carbonyl (C=O) groups is 2. The number of nitrogens with one attached hydrogen (secondary N) is 1. The van der Waals surface area contributed by atoms with Gasteiger partial charge in [0.05, 0.1) is 12.1 Å². The van der Waals surface area contributed by atoms with Crippen LogP contribution in [0.15, 0.2) is 18.2 Å². The van der Waals surface area contributed by atoms with Crippen LogP contribution in [0.2, 0.25) is 0 Å². The van der Waals surface area contributed by atoms with Crippen molar-refractivity contribution in [1.82, 2.24) is 10.2 Å². The Balaban J connectivity index is 2.87. The SMILES string of the molecule is CN(C)C(=O)CNC(=O)c1ccc(F)c(C(F)(F)F)c1. The largest absolute Gasteiger partial charge is 0.419 e. The number of amides is 2. The molecule has 0 spiro atoms. The van der Waals surface area contributed by atoms with Crippen molar-refractivity contribution < 1.29 is 27.2 Å². The lowest BCUT2D eigenvalue weighted by Crippen LogP contribution is -2.36. The number of likely N-dealkylation sites (N-methyl/N-ethyl adjacent to an activating group) is 1. The molecule has 1 aromatic rings. The monoisotopic (exact) mass is 292 g/mol. The molecular formula is C12H12F4N2O2. The van der Waals surface area contributed by atoms with Gasteiger partial charge in [-0.25, -0.2) is 4.39 Å². The van der Waals surface area contributed by atoms with Crippen LogP contribution in [0, 0.1) is 5.82 Å². The normalized spacial score (nSPS) is 11.1. The Labute approximate surface area is 112 Å². The summed E-state index contributed by atoms with van der Waals surface area (Å²) in [6.45, 7) is -0.357. The Bertz CT molecular complexity index is 527. The van der Waals surface area contributed by atoms with E-state index in [1.165, 1.54) is 19.0 Å². The molecule has 0 atom stereocenters. The molecule has 0 unspecified atom stereocenters. The molecule has 20 heavy (non-hydrogen) atoms. The number of hydrogen-bond donors (Lipinski definition) is 1. The summed E-state index contributed by atoms with van der Waals surface area (Å²) in [7, 11) is 2.93. The molecule has 0 aromatic heterocycles. The third-order valence-corrected chi connectivity index (χ3v) is 2.43. The van der Waals surface area contributed by atoms with Gasteiger partial charge in [0.1, 0.15) is 5.82 Å². The highest BCUT2D eigenvalue weighted by Gasteiger charge is 2.34. The van der Waals surface area contributed by atoms with Gasteiger partial charge in [0, 0.05) is 19.7 Å². The maximum atomic E-state index is 13.0. The van der Waals surface area contributed by atoms with Crippen LogP contribution in [0.4, 0.5) is 17.6 Å². The number of alkyl halides is 3. The number of carbonyl (C=O) groups excluding carboxylic acids is 2. The van der Waals surface area contributed by atoms with Crippen LogP contribution >= 0.6 is 0 Å². The predicted octanol–water partition coefficient (Wildman–Crippen LogP) is 1.66. The van der Waals surface area contributed by atoms with E-state index < -0.39 is 29.4 Å². The average molecular weight is 292 g/mol. The summed E-state index contributed by atoms with van der Waals surface area (Å²) in [5.41, 5.74) is -1.89. The van der Waals surface area contributed by atoms with E-state index in [0.29, 0.717) is 12.1 Å². The molecule has 0 fully saturated rings. The molecular weight excluding hydrogens is 280 g/mol. The van der Waals surface area contributed by atoms with Crippen molar-refractivity contribution in [2.75, 3.05) is 20.6 Å². The quantitative estimate of drug-likeness (QED) is 0.861. The minimum absolute atomic E-state index is 0.357. The first kappa shape index (κ1) is 15.9. The Hall–Kier alpha value is -2.12. The van der Waals surface area contributed by atoms with Gasteiger partial charge >= 0.3 is 6.18 Å². The van der Waals surface area contributed by atoms with Crippen molar-refractivity contribution in [3.05, 3.63) is 35.1 Å². The second kappa shape index (κ2) is 5.89. The molecule has 0 bridgehead atoms. The van der Waals surface area contributed by atoms with Crippen LogP contribution in [0.25, 0.3) is 0 Å². The van der Waals surface area contributed by atoms with E-state index in [2.05, 4.69) is 5.32 Å². The summed E-state index contributed by atoms with van der Waals surface area (Å²) >= 11 is 0. The van der Waals surface area contributed by atoms with Crippen molar-refractivity contribution in [1.29, 1.82) is 0 Å². The minimum Gasteiger partial charge on any atom is -0.347 e. The lowest BCUT2D eigenvalue weighted by atomic mass is 10.1. The van der Waals surface area contributed by atoms with E-state index in [-0.39, 0.29) is 12.1 Å². The molecule has 1 aromatic carbocycles. The second-order valence-electron chi connectivity index (χ2n) is 4.16. The number of halogens is 4. The highest BCUT2D eigenvalue weighted by molar-refractivity contribution is 5.96. The molecule has 0 aliphatic carbocycles. The standard InChI is InChI=1S/C12H12F4N2O2/c1-18(2)10(19)6-17-11(20)7-3-4-9(13)8(5-7)12(14,15)16/h3-5H,6H2,1-2H3,(H,17,20). The third kappa shape index (κ3) is 3.94. The van der Waals surface area contributed by atoms with Gasteiger partial charge in [-0.15, -0.1) is 0 Å². The minimum atomic E-state index is -4.89. The molecule has 0 radical (unpaired) electrons. The number of benzene rings is 1. The van der Waals surface area contributed by atoms with Gasteiger partial charge in [0.25, 0.3) is 5.91 Å². The van der Waals surface area contributed by atoms with Crippen LogP contribution in [0.5, 0.6) is 0 Å². The highest BCUT2D eigenvalue weighted by atomic mass is 19.4. The molecule has 8 heteroatoms. The average Bonchev–Trinajstić information content (AvgIpc) is 2.34. The van der Waals surface area contributed by atoms with E-state index in [4.69, 9.17) is 0 Å². The van der Waals surface area contributed by atoms with Crippen LogP contribution in [0.3, 0.4) is 0 Å². The van der Waals surface area contributed by atoms with Gasteiger partial charge in [-0.1, -0.05) is 0 Å². The third-order valence-electron chi connectivity index (χ3n) is 2.43. The summed E-state index contributed by atoms with van der Waals surface area (Å²) in [5, 5.41) is 2.16. The van der Waals surface area contributed by atoms with Gasteiger partial charge in [-0.05, 0) is 18.2 Å². The van der Waals surface area contributed by atoms with Crippen molar-refractivity contribution in [3.8, 4) is 0 Å². The summed E-state index contributed by atoms with van der Waals surface area (Å²) in [6, 6.07) is 1.89. The number of hydrogen-bond acceptors (Lipinski definition) is 2. The molecule has 0 saturated heterocycles. The molecule has 2 amide bonds. The fourth-order valence-electron chi connectivity index (χ4n) is 1.30. The van der Waals surface area contributed by atoms with Gasteiger partial charge < -0.3 is 10.2 Å². The van der Waals surface area contributed by atoms with E-state index in [9.17, 15) is 27.2 Å². The van der Waals surface area contributed by atoms with E-state index in [0.717, 1.165) is 6.07 Å². The van der Waals surface area contributed by atoms with E-state index in [1.54, 1.807) is 0 Å². The fraction of sp³-hybridized carbons (Fsp3) is 0.333. The molecule has 0 saturated carbocycles. The molecule has 4 nitrogen and oxygen atoms in total. The fourth-order valence-corrected chi connectivity index (χ4v) is 1.30. The molecule has 1 rings (SSSR count). The highest BCUT2D eigenvalue weighted by Crippen LogP contribution is 2.31. The molecule has 110 valence electrons. The van der Waals surface area contributed by atoms with Gasteiger partial charge in [0.15, 0.2) is 0 Å². The van der Waals surface area contributed by atoms with Crippen LogP contribution in [-0.2, 0) is 11.0 Å². The first-order valence-corrected chi connectivity index (χ1v) is 5.48. The van der Waals surface area contributed by atoms with Crippen LogP contribution < -0.4 is 5.32 Å². The van der Waals surface area contributed by atoms with Crippen LogP contribution in [0.1, 0.15) is 15.9 Å². The van der Waals surface area contributed by atoms with Crippen molar-refractivity contribution in [2.24, 2.45) is 0 Å².